The van der Waals surface area contributed by atoms with E-state index in [-0.39, 0.29) is 12.0 Å². The van der Waals surface area contributed by atoms with Crippen LogP contribution in [0.2, 0.25) is 0 Å². The molecule has 0 bridgehead atoms. The Bertz CT molecular complexity index is 566. The Morgan fingerprint density at radius 3 is 3.00 bits per heavy atom. The number of ether oxygens (including phenoxy) is 2. The lowest BCUT2D eigenvalue weighted by Crippen LogP contribution is -2.34. The van der Waals surface area contributed by atoms with Crippen LogP contribution in [0.5, 0.6) is 5.75 Å². The Labute approximate surface area is 143 Å². The second-order valence-corrected chi connectivity index (χ2v) is 7.12. The predicted molar refractivity (Wildman–Crippen MR) is 91.1 cm³/mol. The summed E-state index contributed by atoms with van der Waals surface area (Å²) in [6.07, 6.45) is 3.54. The minimum atomic E-state index is -0.654. The molecule has 0 aliphatic carbocycles. The van der Waals surface area contributed by atoms with E-state index in [1.54, 1.807) is 0 Å². The maximum Gasteiger partial charge on any atom is 0.227 e. The molecule has 2 unspecified atom stereocenters. The SMILES string of the molecule is CC1(O)CCCN(C(=O)Cc2ccccc2OC2CCOC2)CC1. The number of benzene rings is 1. The molecule has 0 radical (unpaired) electrons. The van der Waals surface area contributed by atoms with Gasteiger partial charge in [-0.1, -0.05) is 18.2 Å². The Morgan fingerprint density at radius 2 is 2.21 bits per heavy atom. The highest BCUT2D eigenvalue weighted by Gasteiger charge is 2.27. The Hall–Kier alpha value is -1.59. The smallest absolute Gasteiger partial charge is 0.227 e. The molecule has 2 aliphatic rings. The van der Waals surface area contributed by atoms with E-state index in [2.05, 4.69) is 0 Å². The molecule has 1 aromatic rings. The molecule has 0 spiro atoms. The number of carbonyl (C=O) groups is 1. The summed E-state index contributed by atoms with van der Waals surface area (Å²) in [5, 5.41) is 10.2. The van der Waals surface area contributed by atoms with E-state index in [9.17, 15) is 9.90 Å². The van der Waals surface area contributed by atoms with E-state index in [0.29, 0.717) is 32.5 Å². The molecular formula is C19H27NO4. The average Bonchev–Trinajstić information content (AvgIpc) is 2.98. The van der Waals surface area contributed by atoms with E-state index in [0.717, 1.165) is 37.2 Å². The third-order valence-electron chi connectivity index (χ3n) is 4.91. The second kappa shape index (κ2) is 7.53. The van der Waals surface area contributed by atoms with Gasteiger partial charge in [-0.25, -0.2) is 0 Å². The third kappa shape index (κ3) is 4.48. The fourth-order valence-electron chi connectivity index (χ4n) is 3.34. The van der Waals surface area contributed by atoms with Gasteiger partial charge in [-0.15, -0.1) is 0 Å². The van der Waals surface area contributed by atoms with E-state index >= 15 is 0 Å². The number of amides is 1. The molecule has 2 aliphatic heterocycles. The minimum Gasteiger partial charge on any atom is -0.488 e. The molecule has 0 aromatic heterocycles. The van der Waals surface area contributed by atoms with E-state index < -0.39 is 5.60 Å². The van der Waals surface area contributed by atoms with Crippen molar-refractivity contribution in [3.8, 4) is 5.75 Å². The summed E-state index contributed by atoms with van der Waals surface area (Å²) in [6, 6.07) is 7.75. The summed E-state index contributed by atoms with van der Waals surface area (Å²) in [5.41, 5.74) is 0.267. The van der Waals surface area contributed by atoms with Gasteiger partial charge >= 0.3 is 0 Å². The van der Waals surface area contributed by atoms with Crippen molar-refractivity contribution in [2.75, 3.05) is 26.3 Å². The highest BCUT2D eigenvalue weighted by Crippen LogP contribution is 2.25. The Morgan fingerprint density at radius 1 is 1.38 bits per heavy atom. The van der Waals surface area contributed by atoms with Crippen LogP contribution in [0.15, 0.2) is 24.3 Å². The van der Waals surface area contributed by atoms with Crippen LogP contribution < -0.4 is 4.74 Å². The second-order valence-electron chi connectivity index (χ2n) is 7.12. The van der Waals surface area contributed by atoms with Gasteiger partial charge in [0, 0.05) is 25.1 Å². The fraction of sp³-hybridized carbons (Fsp3) is 0.632. The van der Waals surface area contributed by atoms with Gasteiger partial charge in [0.05, 0.1) is 25.2 Å². The monoisotopic (exact) mass is 333 g/mol. The predicted octanol–water partition coefficient (Wildman–Crippen LogP) is 2.16. The molecular weight excluding hydrogens is 306 g/mol. The number of nitrogens with zero attached hydrogens (tertiary/aromatic N) is 1. The lowest BCUT2D eigenvalue weighted by Gasteiger charge is -2.23. The molecule has 2 saturated heterocycles. The number of likely N-dealkylation sites (tertiary alicyclic amines) is 1. The molecule has 1 aromatic carbocycles. The zero-order valence-corrected chi connectivity index (χ0v) is 14.4. The zero-order chi connectivity index (χ0) is 17.0. The third-order valence-corrected chi connectivity index (χ3v) is 4.91. The standard InChI is InChI=1S/C19H27NO4/c1-19(22)8-4-10-20(11-9-19)18(21)13-15-5-2-3-6-17(15)24-16-7-12-23-14-16/h2-3,5-6,16,22H,4,7-14H2,1H3. The van der Waals surface area contributed by atoms with Gasteiger partial charge in [0.1, 0.15) is 11.9 Å². The highest BCUT2D eigenvalue weighted by molar-refractivity contribution is 5.79. The van der Waals surface area contributed by atoms with Crippen LogP contribution in [0, 0.1) is 0 Å². The summed E-state index contributed by atoms with van der Waals surface area (Å²) >= 11 is 0. The van der Waals surface area contributed by atoms with Crippen LogP contribution in [0.3, 0.4) is 0 Å². The van der Waals surface area contributed by atoms with Crippen LogP contribution in [0.25, 0.3) is 0 Å². The van der Waals surface area contributed by atoms with Gasteiger partial charge in [0.2, 0.25) is 5.91 Å². The summed E-state index contributed by atoms with van der Waals surface area (Å²) in [7, 11) is 0. The first-order valence-electron chi connectivity index (χ1n) is 8.86. The first-order valence-corrected chi connectivity index (χ1v) is 8.86. The topological polar surface area (TPSA) is 59.0 Å². The van der Waals surface area contributed by atoms with Crippen molar-refractivity contribution in [2.24, 2.45) is 0 Å². The molecule has 5 heteroatoms. The maximum absolute atomic E-state index is 12.7. The molecule has 1 amide bonds. The van der Waals surface area contributed by atoms with Crippen LogP contribution in [0.1, 0.15) is 38.2 Å². The molecule has 2 fully saturated rings. The Kier molecular flexibility index (Phi) is 5.41. The molecule has 132 valence electrons. The highest BCUT2D eigenvalue weighted by atomic mass is 16.5. The molecule has 3 rings (SSSR count). The zero-order valence-electron chi connectivity index (χ0n) is 14.4. The number of para-hydroxylation sites is 1. The van der Waals surface area contributed by atoms with E-state index in [1.807, 2.05) is 36.1 Å². The molecule has 24 heavy (non-hydrogen) atoms. The summed E-state index contributed by atoms with van der Waals surface area (Å²) < 4.78 is 11.4. The summed E-state index contributed by atoms with van der Waals surface area (Å²) in [5.74, 6) is 0.884. The Balaban J connectivity index is 1.63. The van der Waals surface area contributed by atoms with Gasteiger partial charge in [-0.2, -0.15) is 0 Å². The van der Waals surface area contributed by atoms with Crippen LogP contribution in [-0.2, 0) is 16.0 Å². The number of aliphatic hydroxyl groups is 1. The van der Waals surface area contributed by atoms with Crippen molar-refractivity contribution in [3.05, 3.63) is 29.8 Å². The van der Waals surface area contributed by atoms with Crippen molar-refractivity contribution in [3.63, 3.8) is 0 Å². The number of carbonyl (C=O) groups excluding carboxylic acids is 1. The lowest BCUT2D eigenvalue weighted by molar-refractivity contribution is -0.130. The normalized spacial score (nSPS) is 27.8. The lowest BCUT2D eigenvalue weighted by atomic mass is 9.98. The van der Waals surface area contributed by atoms with Crippen LogP contribution >= 0.6 is 0 Å². The van der Waals surface area contributed by atoms with Crippen molar-refractivity contribution in [1.82, 2.24) is 4.90 Å². The largest absolute Gasteiger partial charge is 0.488 e. The summed E-state index contributed by atoms with van der Waals surface area (Å²) in [4.78, 5) is 14.6. The molecule has 0 saturated carbocycles. The van der Waals surface area contributed by atoms with Crippen molar-refractivity contribution < 1.29 is 19.4 Å². The first-order chi connectivity index (χ1) is 11.5. The van der Waals surface area contributed by atoms with Gasteiger partial charge in [-0.3, -0.25) is 4.79 Å². The quantitative estimate of drug-likeness (QED) is 0.917. The molecule has 2 heterocycles. The van der Waals surface area contributed by atoms with Crippen LogP contribution in [0.4, 0.5) is 0 Å². The van der Waals surface area contributed by atoms with E-state index in [1.165, 1.54) is 0 Å². The summed E-state index contributed by atoms with van der Waals surface area (Å²) in [6.45, 7) is 4.54. The van der Waals surface area contributed by atoms with Crippen molar-refractivity contribution in [1.29, 1.82) is 0 Å². The minimum absolute atomic E-state index is 0.0783. The van der Waals surface area contributed by atoms with Crippen molar-refractivity contribution in [2.45, 2.75) is 50.7 Å². The molecule has 1 N–H and O–H groups in total. The fourth-order valence-corrected chi connectivity index (χ4v) is 3.34. The van der Waals surface area contributed by atoms with E-state index in [4.69, 9.17) is 9.47 Å². The van der Waals surface area contributed by atoms with Gasteiger partial charge < -0.3 is 19.5 Å². The average molecular weight is 333 g/mol. The maximum atomic E-state index is 12.7. The molecule has 5 nitrogen and oxygen atoms in total. The van der Waals surface area contributed by atoms with Crippen LogP contribution in [-0.4, -0.2) is 53.9 Å². The van der Waals surface area contributed by atoms with Gasteiger partial charge in [0.15, 0.2) is 0 Å². The number of hydrogen-bond acceptors (Lipinski definition) is 4. The number of rotatable bonds is 4. The van der Waals surface area contributed by atoms with Gasteiger partial charge in [-0.05, 0) is 32.3 Å². The number of hydrogen-bond donors (Lipinski definition) is 1. The molecule has 2 atom stereocenters. The first kappa shape index (κ1) is 17.2. The van der Waals surface area contributed by atoms with Crippen molar-refractivity contribution >= 4 is 5.91 Å². The van der Waals surface area contributed by atoms with Gasteiger partial charge in [0.25, 0.3) is 0 Å².